The normalized spacial score (nSPS) is 40.1. The molecule has 64 valence electrons. The Labute approximate surface area is 67.4 Å². The standard InChI is InChI=1S/C8H16N2O/c11-8-4-7-5-9-2-1-3-10(7)6-8/h7-9,11H,1-6H2/t7-,8+/m0/s1. The molecule has 0 radical (unpaired) electrons. The lowest BCUT2D eigenvalue weighted by molar-refractivity contribution is 0.176. The molecule has 2 heterocycles. The van der Waals surface area contributed by atoms with Crippen LogP contribution < -0.4 is 5.32 Å². The van der Waals surface area contributed by atoms with E-state index in [9.17, 15) is 5.11 Å². The fourth-order valence-electron chi connectivity index (χ4n) is 2.12. The predicted molar refractivity (Wildman–Crippen MR) is 43.5 cm³/mol. The number of aliphatic hydroxyl groups is 1. The van der Waals surface area contributed by atoms with Gasteiger partial charge >= 0.3 is 0 Å². The first kappa shape index (κ1) is 7.53. The van der Waals surface area contributed by atoms with Crippen molar-refractivity contribution in [3.8, 4) is 0 Å². The number of hydrogen-bond acceptors (Lipinski definition) is 3. The molecule has 3 heteroatoms. The van der Waals surface area contributed by atoms with Crippen molar-refractivity contribution in [2.75, 3.05) is 26.2 Å². The van der Waals surface area contributed by atoms with Crippen molar-refractivity contribution in [3.63, 3.8) is 0 Å². The number of hydrogen-bond donors (Lipinski definition) is 2. The van der Waals surface area contributed by atoms with Gasteiger partial charge in [0.2, 0.25) is 0 Å². The molecule has 0 aromatic carbocycles. The van der Waals surface area contributed by atoms with Gasteiger partial charge in [-0.05, 0) is 25.9 Å². The van der Waals surface area contributed by atoms with Crippen LogP contribution >= 0.6 is 0 Å². The largest absolute Gasteiger partial charge is 0.392 e. The van der Waals surface area contributed by atoms with Crippen LogP contribution in [0.15, 0.2) is 0 Å². The molecule has 11 heavy (non-hydrogen) atoms. The summed E-state index contributed by atoms with van der Waals surface area (Å²) in [5.41, 5.74) is 0. The van der Waals surface area contributed by atoms with E-state index in [1.165, 1.54) is 6.42 Å². The molecular weight excluding hydrogens is 140 g/mol. The Kier molecular flexibility index (Phi) is 2.11. The first-order valence-electron chi connectivity index (χ1n) is 4.49. The maximum absolute atomic E-state index is 9.38. The third-order valence-electron chi connectivity index (χ3n) is 2.68. The van der Waals surface area contributed by atoms with E-state index in [0.717, 1.165) is 32.6 Å². The van der Waals surface area contributed by atoms with Gasteiger partial charge in [0.1, 0.15) is 0 Å². The van der Waals surface area contributed by atoms with Crippen LogP contribution in [0.2, 0.25) is 0 Å². The van der Waals surface area contributed by atoms with Crippen molar-refractivity contribution in [2.45, 2.75) is 25.0 Å². The molecular formula is C8H16N2O. The van der Waals surface area contributed by atoms with E-state index in [1.54, 1.807) is 0 Å². The average Bonchev–Trinajstić information content (AvgIpc) is 2.17. The Balaban J connectivity index is 1.96. The van der Waals surface area contributed by atoms with Gasteiger partial charge in [-0.15, -0.1) is 0 Å². The smallest absolute Gasteiger partial charge is 0.0682 e. The zero-order valence-electron chi connectivity index (χ0n) is 6.79. The molecule has 3 nitrogen and oxygen atoms in total. The zero-order chi connectivity index (χ0) is 7.68. The van der Waals surface area contributed by atoms with Crippen LogP contribution in [0.1, 0.15) is 12.8 Å². The van der Waals surface area contributed by atoms with E-state index in [0.29, 0.717) is 6.04 Å². The first-order valence-corrected chi connectivity index (χ1v) is 4.49. The van der Waals surface area contributed by atoms with Crippen molar-refractivity contribution in [1.29, 1.82) is 0 Å². The number of fused-ring (bicyclic) bond motifs is 1. The number of rotatable bonds is 0. The lowest BCUT2D eigenvalue weighted by Crippen LogP contribution is -2.34. The molecule has 0 aromatic heterocycles. The molecule has 2 aliphatic heterocycles. The van der Waals surface area contributed by atoms with Crippen molar-refractivity contribution in [3.05, 3.63) is 0 Å². The summed E-state index contributed by atoms with van der Waals surface area (Å²) in [5, 5.41) is 12.8. The van der Waals surface area contributed by atoms with Gasteiger partial charge in [0.15, 0.2) is 0 Å². The third-order valence-corrected chi connectivity index (χ3v) is 2.68. The van der Waals surface area contributed by atoms with Crippen LogP contribution in [0.4, 0.5) is 0 Å². The van der Waals surface area contributed by atoms with Gasteiger partial charge in [-0.3, -0.25) is 4.90 Å². The fraction of sp³-hybridized carbons (Fsp3) is 1.00. The minimum absolute atomic E-state index is 0.0695. The predicted octanol–water partition coefficient (Wildman–Crippen LogP) is -0.585. The van der Waals surface area contributed by atoms with Crippen LogP contribution in [-0.4, -0.2) is 48.3 Å². The Bertz CT molecular complexity index is 126. The van der Waals surface area contributed by atoms with Gasteiger partial charge in [0.25, 0.3) is 0 Å². The Hall–Kier alpha value is -0.120. The summed E-state index contributed by atoms with van der Waals surface area (Å²) in [6, 6.07) is 0.604. The molecule has 2 atom stereocenters. The minimum atomic E-state index is -0.0695. The van der Waals surface area contributed by atoms with Crippen LogP contribution in [0.3, 0.4) is 0 Å². The average molecular weight is 156 g/mol. The van der Waals surface area contributed by atoms with Crippen LogP contribution in [0.5, 0.6) is 0 Å². The van der Waals surface area contributed by atoms with Crippen molar-refractivity contribution < 1.29 is 5.11 Å². The summed E-state index contributed by atoms with van der Waals surface area (Å²) in [5.74, 6) is 0. The van der Waals surface area contributed by atoms with Crippen molar-refractivity contribution in [2.24, 2.45) is 0 Å². The summed E-state index contributed by atoms with van der Waals surface area (Å²) in [7, 11) is 0. The molecule has 0 unspecified atom stereocenters. The molecule has 2 aliphatic rings. The molecule has 0 saturated carbocycles. The SMILES string of the molecule is O[C@@H]1C[C@H]2CNCCCN2C1. The minimum Gasteiger partial charge on any atom is -0.392 e. The van der Waals surface area contributed by atoms with Gasteiger partial charge < -0.3 is 10.4 Å². The second-order valence-electron chi connectivity index (χ2n) is 3.60. The summed E-state index contributed by atoms with van der Waals surface area (Å²) in [4.78, 5) is 2.41. The van der Waals surface area contributed by atoms with Crippen molar-refractivity contribution >= 4 is 0 Å². The lowest BCUT2D eigenvalue weighted by atomic mass is 10.2. The topological polar surface area (TPSA) is 35.5 Å². The summed E-state index contributed by atoms with van der Waals surface area (Å²) in [6.07, 6.45) is 2.12. The molecule has 2 rings (SSSR count). The van der Waals surface area contributed by atoms with E-state index in [1.807, 2.05) is 0 Å². The van der Waals surface area contributed by atoms with E-state index in [4.69, 9.17) is 0 Å². The molecule has 2 saturated heterocycles. The maximum atomic E-state index is 9.38. The second kappa shape index (κ2) is 3.09. The molecule has 0 aromatic rings. The van der Waals surface area contributed by atoms with Crippen LogP contribution in [-0.2, 0) is 0 Å². The second-order valence-corrected chi connectivity index (χ2v) is 3.60. The first-order chi connectivity index (χ1) is 5.36. The summed E-state index contributed by atoms with van der Waals surface area (Å²) in [6.45, 7) is 4.27. The van der Waals surface area contributed by atoms with Crippen LogP contribution in [0, 0.1) is 0 Å². The van der Waals surface area contributed by atoms with Gasteiger partial charge in [0.05, 0.1) is 6.10 Å². The maximum Gasteiger partial charge on any atom is 0.0682 e. The number of aliphatic hydroxyl groups excluding tert-OH is 1. The molecule has 0 bridgehead atoms. The fourth-order valence-corrected chi connectivity index (χ4v) is 2.12. The molecule has 0 spiro atoms. The van der Waals surface area contributed by atoms with Gasteiger partial charge in [-0.2, -0.15) is 0 Å². The third kappa shape index (κ3) is 1.55. The van der Waals surface area contributed by atoms with E-state index in [-0.39, 0.29) is 6.10 Å². The van der Waals surface area contributed by atoms with E-state index < -0.39 is 0 Å². The highest BCUT2D eigenvalue weighted by molar-refractivity contribution is 4.87. The van der Waals surface area contributed by atoms with Crippen molar-refractivity contribution in [1.82, 2.24) is 10.2 Å². The highest BCUT2D eigenvalue weighted by Gasteiger charge is 2.30. The Morgan fingerprint density at radius 1 is 1.45 bits per heavy atom. The zero-order valence-corrected chi connectivity index (χ0v) is 6.79. The summed E-state index contributed by atoms with van der Waals surface area (Å²) >= 11 is 0. The highest BCUT2D eigenvalue weighted by atomic mass is 16.3. The molecule has 2 N–H and O–H groups in total. The number of nitrogens with one attached hydrogen (secondary N) is 1. The monoisotopic (exact) mass is 156 g/mol. The van der Waals surface area contributed by atoms with E-state index >= 15 is 0 Å². The Morgan fingerprint density at radius 3 is 3.27 bits per heavy atom. The quantitative estimate of drug-likeness (QED) is 0.492. The highest BCUT2D eigenvalue weighted by Crippen LogP contribution is 2.18. The Morgan fingerprint density at radius 2 is 2.36 bits per heavy atom. The summed E-state index contributed by atoms with van der Waals surface area (Å²) < 4.78 is 0. The van der Waals surface area contributed by atoms with Crippen LogP contribution in [0.25, 0.3) is 0 Å². The van der Waals surface area contributed by atoms with Gasteiger partial charge in [-0.1, -0.05) is 0 Å². The molecule has 2 fully saturated rings. The van der Waals surface area contributed by atoms with E-state index in [2.05, 4.69) is 10.2 Å². The van der Waals surface area contributed by atoms with Gasteiger partial charge in [0, 0.05) is 19.1 Å². The lowest BCUT2D eigenvalue weighted by Gasteiger charge is -2.19. The molecule has 0 amide bonds. The molecule has 0 aliphatic carbocycles. The van der Waals surface area contributed by atoms with Gasteiger partial charge in [-0.25, -0.2) is 0 Å². The number of nitrogens with zero attached hydrogens (tertiary/aromatic N) is 1.